The van der Waals surface area contributed by atoms with E-state index in [4.69, 9.17) is 9.47 Å². The van der Waals surface area contributed by atoms with Crippen LogP contribution >= 0.6 is 0 Å². The van der Waals surface area contributed by atoms with Crippen LogP contribution in [-0.2, 0) is 28.7 Å². The summed E-state index contributed by atoms with van der Waals surface area (Å²) in [5, 5.41) is 0. The number of ether oxygens (including phenoxy) is 2. The summed E-state index contributed by atoms with van der Waals surface area (Å²) in [5.74, 6) is 0.760. The van der Waals surface area contributed by atoms with E-state index in [0.29, 0.717) is 36.5 Å². The Kier molecular flexibility index (Phi) is 16.8. The van der Waals surface area contributed by atoms with Crippen LogP contribution in [0.25, 0.3) is 0 Å². The molecule has 0 radical (unpaired) electrons. The van der Waals surface area contributed by atoms with Crippen molar-refractivity contribution in [3.63, 3.8) is 0 Å². The molecule has 0 aliphatic carbocycles. The van der Waals surface area contributed by atoms with Crippen LogP contribution in [0, 0.1) is 35.5 Å². The summed E-state index contributed by atoms with van der Waals surface area (Å²) in [6.45, 7) is 16.3. The molecule has 0 N–H and O–H groups in total. The highest BCUT2D eigenvalue weighted by Gasteiger charge is 2.22. The van der Waals surface area contributed by atoms with Gasteiger partial charge in [-0.05, 0) is 87.9 Å². The average molecular weight is 483 g/mol. The summed E-state index contributed by atoms with van der Waals surface area (Å²) in [5.41, 5.74) is 0. The lowest BCUT2D eigenvalue weighted by atomic mass is 9.85. The third kappa shape index (κ3) is 16.0. The average Bonchev–Trinajstić information content (AvgIpc) is 2.74. The van der Waals surface area contributed by atoms with Gasteiger partial charge in [-0.3, -0.25) is 0 Å². The zero-order chi connectivity index (χ0) is 26.3. The zero-order valence-corrected chi connectivity index (χ0v) is 23.0. The number of ketones is 2. The van der Waals surface area contributed by atoms with Gasteiger partial charge in [0.15, 0.2) is 0 Å². The zero-order valence-electron chi connectivity index (χ0n) is 23.0. The maximum absolute atomic E-state index is 12.0. The number of hydrogen-bond donors (Lipinski definition) is 0. The summed E-state index contributed by atoms with van der Waals surface area (Å²) >= 11 is 0. The van der Waals surface area contributed by atoms with E-state index in [9.17, 15) is 19.2 Å². The standard InChI is InChI=1S/C28H50O6/c1-19(2)25(15-11-23(7)29)13-9-21(5)17-33-27(31)28(32)34-18-22(6)10-14-26(20(3)4)16-12-24(8)30/h19-22,25-26H,9-18H2,1-8H3. The van der Waals surface area contributed by atoms with Gasteiger partial charge in [-0.2, -0.15) is 0 Å². The molecule has 0 aromatic heterocycles. The van der Waals surface area contributed by atoms with E-state index in [-0.39, 0.29) is 36.6 Å². The largest absolute Gasteiger partial charge is 0.457 e. The summed E-state index contributed by atoms with van der Waals surface area (Å²) in [7, 11) is 0. The maximum Gasteiger partial charge on any atom is 0.417 e. The lowest BCUT2D eigenvalue weighted by Gasteiger charge is -2.22. The van der Waals surface area contributed by atoms with E-state index in [1.165, 1.54) is 0 Å². The number of rotatable bonds is 18. The topological polar surface area (TPSA) is 86.7 Å². The van der Waals surface area contributed by atoms with Gasteiger partial charge in [-0.15, -0.1) is 0 Å². The lowest BCUT2D eigenvalue weighted by molar-refractivity contribution is -0.169. The predicted molar refractivity (Wildman–Crippen MR) is 135 cm³/mol. The molecule has 0 saturated heterocycles. The molecule has 0 rings (SSSR count). The first-order valence-electron chi connectivity index (χ1n) is 13.2. The highest BCUT2D eigenvalue weighted by molar-refractivity contribution is 6.29. The van der Waals surface area contributed by atoms with Crippen molar-refractivity contribution < 1.29 is 28.7 Å². The third-order valence-electron chi connectivity index (χ3n) is 6.85. The van der Waals surface area contributed by atoms with Crippen LogP contribution in [0.4, 0.5) is 0 Å². The van der Waals surface area contributed by atoms with Crippen LogP contribution in [-0.4, -0.2) is 36.7 Å². The molecule has 0 heterocycles. The first-order valence-corrected chi connectivity index (χ1v) is 13.2. The second kappa shape index (κ2) is 17.7. The number of carbonyl (C=O) groups excluding carboxylic acids is 4. The first kappa shape index (κ1) is 32.3. The van der Waals surface area contributed by atoms with Crippen molar-refractivity contribution in [2.24, 2.45) is 35.5 Å². The SMILES string of the molecule is CC(=O)CCC(CCC(C)COC(=O)C(=O)OCC(C)CCC(CCC(C)=O)C(C)C)C(C)C. The van der Waals surface area contributed by atoms with Crippen LogP contribution in [0.5, 0.6) is 0 Å². The highest BCUT2D eigenvalue weighted by Crippen LogP contribution is 2.26. The molecule has 0 saturated carbocycles. The van der Waals surface area contributed by atoms with Crippen LogP contribution in [0.2, 0.25) is 0 Å². The second-order valence-corrected chi connectivity index (χ2v) is 11.1. The Morgan fingerprint density at radius 2 is 0.853 bits per heavy atom. The monoisotopic (exact) mass is 482 g/mol. The van der Waals surface area contributed by atoms with Crippen LogP contribution in [0.15, 0.2) is 0 Å². The molecule has 0 aliphatic heterocycles. The molecule has 0 bridgehead atoms. The minimum atomic E-state index is -0.933. The van der Waals surface area contributed by atoms with Crippen molar-refractivity contribution in [1.82, 2.24) is 0 Å². The molecule has 0 aliphatic rings. The summed E-state index contributed by atoms with van der Waals surface area (Å²) in [6.07, 6.45) is 6.67. The van der Waals surface area contributed by atoms with E-state index in [1.807, 2.05) is 13.8 Å². The fraction of sp³-hybridized carbons (Fsp3) is 0.857. The van der Waals surface area contributed by atoms with E-state index in [0.717, 1.165) is 38.5 Å². The van der Waals surface area contributed by atoms with Crippen molar-refractivity contribution in [2.45, 2.75) is 107 Å². The summed E-state index contributed by atoms with van der Waals surface area (Å²) < 4.78 is 10.3. The van der Waals surface area contributed by atoms with Crippen molar-refractivity contribution in [3.8, 4) is 0 Å². The lowest BCUT2D eigenvalue weighted by Crippen LogP contribution is -2.25. The van der Waals surface area contributed by atoms with Gasteiger partial charge in [0.2, 0.25) is 0 Å². The molecule has 4 atom stereocenters. The molecule has 198 valence electrons. The van der Waals surface area contributed by atoms with Crippen molar-refractivity contribution in [1.29, 1.82) is 0 Å². The molecule has 0 aromatic rings. The van der Waals surface area contributed by atoms with Crippen molar-refractivity contribution in [2.75, 3.05) is 13.2 Å². The van der Waals surface area contributed by atoms with Gasteiger partial charge in [0.05, 0.1) is 13.2 Å². The molecule has 6 heteroatoms. The maximum atomic E-state index is 12.0. The number of hydrogen-bond acceptors (Lipinski definition) is 6. The van der Waals surface area contributed by atoms with Gasteiger partial charge in [-0.1, -0.05) is 41.5 Å². The van der Waals surface area contributed by atoms with Crippen molar-refractivity contribution in [3.05, 3.63) is 0 Å². The normalized spacial score (nSPS) is 15.0. The van der Waals surface area contributed by atoms with Gasteiger partial charge >= 0.3 is 11.9 Å². The molecular weight excluding hydrogens is 432 g/mol. The van der Waals surface area contributed by atoms with Crippen LogP contribution in [0.1, 0.15) is 107 Å². The fourth-order valence-electron chi connectivity index (χ4n) is 4.12. The van der Waals surface area contributed by atoms with E-state index >= 15 is 0 Å². The molecule has 0 spiro atoms. The third-order valence-corrected chi connectivity index (χ3v) is 6.85. The van der Waals surface area contributed by atoms with E-state index < -0.39 is 11.9 Å². The molecule has 4 unspecified atom stereocenters. The molecular formula is C28H50O6. The van der Waals surface area contributed by atoms with Gasteiger partial charge in [0.1, 0.15) is 11.6 Å². The van der Waals surface area contributed by atoms with Gasteiger partial charge < -0.3 is 19.1 Å². The summed E-state index contributed by atoms with van der Waals surface area (Å²) in [6, 6.07) is 0. The van der Waals surface area contributed by atoms with E-state index in [1.54, 1.807) is 13.8 Å². The Hall–Kier alpha value is -1.72. The van der Waals surface area contributed by atoms with Crippen LogP contribution in [0.3, 0.4) is 0 Å². The smallest absolute Gasteiger partial charge is 0.417 e. The quantitative estimate of drug-likeness (QED) is 0.171. The molecule has 0 fully saturated rings. The number of carbonyl (C=O) groups is 4. The highest BCUT2D eigenvalue weighted by atomic mass is 16.6. The molecule has 6 nitrogen and oxygen atoms in total. The minimum absolute atomic E-state index is 0.136. The fourth-order valence-corrected chi connectivity index (χ4v) is 4.12. The molecule has 34 heavy (non-hydrogen) atoms. The van der Waals surface area contributed by atoms with Gasteiger partial charge in [0.25, 0.3) is 0 Å². The Bertz CT molecular complexity index is 570. The molecule has 0 amide bonds. The Balaban J connectivity index is 4.26. The Morgan fingerprint density at radius 3 is 1.12 bits per heavy atom. The van der Waals surface area contributed by atoms with Gasteiger partial charge in [-0.25, -0.2) is 9.59 Å². The second-order valence-electron chi connectivity index (χ2n) is 11.1. The Labute approximate surface area is 207 Å². The number of Topliss-reactive ketones (excluding diaryl/α,β-unsaturated/α-hetero) is 2. The number of esters is 2. The molecule has 0 aromatic carbocycles. The van der Waals surface area contributed by atoms with E-state index in [2.05, 4.69) is 27.7 Å². The van der Waals surface area contributed by atoms with Crippen molar-refractivity contribution >= 4 is 23.5 Å². The minimum Gasteiger partial charge on any atom is -0.457 e. The Morgan fingerprint density at radius 1 is 0.529 bits per heavy atom. The van der Waals surface area contributed by atoms with Crippen LogP contribution < -0.4 is 0 Å². The van der Waals surface area contributed by atoms with Gasteiger partial charge in [0, 0.05) is 12.8 Å². The first-order chi connectivity index (χ1) is 15.8. The summed E-state index contributed by atoms with van der Waals surface area (Å²) in [4.78, 5) is 46.6. The predicted octanol–water partition coefficient (Wildman–Crippen LogP) is 6.19.